The van der Waals surface area contributed by atoms with Gasteiger partial charge in [-0.1, -0.05) is 6.07 Å². The number of benzene rings is 2. The number of carbonyl (C=O) groups excluding carboxylic acids is 2. The molecule has 0 aliphatic heterocycles. The summed E-state index contributed by atoms with van der Waals surface area (Å²) >= 11 is 0. The van der Waals surface area contributed by atoms with Crippen LogP contribution in [0.5, 0.6) is 17.2 Å². The van der Waals surface area contributed by atoms with E-state index in [0.29, 0.717) is 5.75 Å². The predicted molar refractivity (Wildman–Crippen MR) is 108 cm³/mol. The Kier molecular flexibility index (Phi) is 7.45. The highest BCUT2D eigenvalue weighted by Gasteiger charge is 2.25. The van der Waals surface area contributed by atoms with Crippen molar-refractivity contribution in [2.75, 3.05) is 13.7 Å². The first-order valence-corrected chi connectivity index (χ1v) is 8.78. The minimum absolute atomic E-state index is 0.0446. The number of amides is 1. The van der Waals surface area contributed by atoms with Crippen molar-refractivity contribution >= 4 is 23.8 Å². The van der Waals surface area contributed by atoms with E-state index in [1.165, 1.54) is 19.2 Å². The SMILES string of the molecule is COc1c(OC(C)=O)ccc(C=NNC(=O)COc2ccc(C)c(C)c2)c1[N+](=O)[O-]. The van der Waals surface area contributed by atoms with E-state index in [1.54, 1.807) is 6.07 Å². The molecule has 30 heavy (non-hydrogen) atoms. The van der Waals surface area contributed by atoms with Gasteiger partial charge < -0.3 is 14.2 Å². The topological polar surface area (TPSA) is 129 Å². The first-order valence-electron chi connectivity index (χ1n) is 8.78. The van der Waals surface area contributed by atoms with Crippen molar-refractivity contribution in [3.05, 3.63) is 57.1 Å². The lowest BCUT2D eigenvalue weighted by molar-refractivity contribution is -0.385. The molecule has 10 nitrogen and oxygen atoms in total. The second-order valence-electron chi connectivity index (χ2n) is 6.21. The van der Waals surface area contributed by atoms with Crippen LogP contribution in [0.1, 0.15) is 23.6 Å². The molecule has 158 valence electrons. The molecule has 2 aromatic carbocycles. The number of nitro groups is 1. The molecule has 10 heteroatoms. The number of rotatable bonds is 8. The smallest absolute Gasteiger partial charge is 0.323 e. The van der Waals surface area contributed by atoms with Gasteiger partial charge in [-0.15, -0.1) is 0 Å². The Morgan fingerprint density at radius 2 is 1.93 bits per heavy atom. The molecule has 0 heterocycles. The Morgan fingerprint density at radius 1 is 1.20 bits per heavy atom. The third-order valence-electron chi connectivity index (χ3n) is 4.01. The molecule has 1 amide bonds. The Balaban J connectivity index is 2.09. The largest absolute Gasteiger partial charge is 0.488 e. The van der Waals surface area contributed by atoms with Crippen molar-refractivity contribution in [3.63, 3.8) is 0 Å². The van der Waals surface area contributed by atoms with E-state index in [9.17, 15) is 19.7 Å². The number of hydrogen-bond donors (Lipinski definition) is 1. The maximum atomic E-state index is 11.9. The van der Waals surface area contributed by atoms with Crippen LogP contribution in [0.25, 0.3) is 0 Å². The Labute approximate surface area is 172 Å². The van der Waals surface area contributed by atoms with Crippen LogP contribution in [-0.2, 0) is 9.59 Å². The second-order valence-corrected chi connectivity index (χ2v) is 6.21. The third kappa shape index (κ3) is 5.77. The van der Waals surface area contributed by atoms with Gasteiger partial charge >= 0.3 is 11.7 Å². The summed E-state index contributed by atoms with van der Waals surface area (Å²) in [6.07, 6.45) is 1.09. The maximum Gasteiger partial charge on any atom is 0.323 e. The van der Waals surface area contributed by atoms with Crippen LogP contribution in [0.4, 0.5) is 5.69 Å². The number of hydrazone groups is 1. The zero-order valence-corrected chi connectivity index (χ0v) is 16.9. The normalized spacial score (nSPS) is 10.5. The molecule has 0 aliphatic rings. The number of hydrogen-bond acceptors (Lipinski definition) is 8. The van der Waals surface area contributed by atoms with Gasteiger partial charge in [0.1, 0.15) is 5.75 Å². The highest BCUT2D eigenvalue weighted by Crippen LogP contribution is 2.39. The van der Waals surface area contributed by atoms with E-state index < -0.39 is 22.5 Å². The van der Waals surface area contributed by atoms with Gasteiger partial charge in [0, 0.05) is 6.92 Å². The molecular formula is C20H21N3O7. The lowest BCUT2D eigenvalue weighted by atomic mass is 10.1. The minimum atomic E-state index is -0.697. The zero-order chi connectivity index (χ0) is 22.3. The first-order chi connectivity index (χ1) is 14.2. The maximum absolute atomic E-state index is 11.9. The van der Waals surface area contributed by atoms with Crippen molar-refractivity contribution < 1.29 is 28.7 Å². The van der Waals surface area contributed by atoms with E-state index >= 15 is 0 Å². The van der Waals surface area contributed by atoms with Crippen molar-refractivity contribution in [1.82, 2.24) is 5.43 Å². The fourth-order valence-electron chi connectivity index (χ4n) is 2.45. The second kappa shape index (κ2) is 10.0. The summed E-state index contributed by atoms with van der Waals surface area (Å²) in [4.78, 5) is 33.8. The molecule has 0 saturated heterocycles. The summed E-state index contributed by atoms with van der Waals surface area (Å²) < 4.78 is 15.3. The van der Waals surface area contributed by atoms with Crippen LogP contribution < -0.4 is 19.6 Å². The van der Waals surface area contributed by atoms with Gasteiger partial charge in [-0.3, -0.25) is 19.7 Å². The van der Waals surface area contributed by atoms with Crippen LogP contribution in [0.3, 0.4) is 0 Å². The summed E-state index contributed by atoms with van der Waals surface area (Å²) in [5, 5.41) is 15.2. The van der Waals surface area contributed by atoms with Gasteiger partial charge in [-0.25, -0.2) is 5.43 Å². The summed E-state index contributed by atoms with van der Waals surface area (Å²) in [5.41, 5.74) is 3.96. The summed E-state index contributed by atoms with van der Waals surface area (Å²) in [5.74, 6) is -0.988. The fourth-order valence-corrected chi connectivity index (χ4v) is 2.45. The van der Waals surface area contributed by atoms with Crippen molar-refractivity contribution in [2.45, 2.75) is 20.8 Å². The number of nitro benzene ring substituents is 1. The van der Waals surface area contributed by atoms with Crippen LogP contribution in [0.15, 0.2) is 35.4 Å². The van der Waals surface area contributed by atoms with Gasteiger partial charge in [0.25, 0.3) is 5.91 Å². The van der Waals surface area contributed by atoms with Crippen molar-refractivity contribution in [1.29, 1.82) is 0 Å². The molecule has 0 aromatic heterocycles. The fraction of sp³-hybridized carbons (Fsp3) is 0.250. The highest BCUT2D eigenvalue weighted by molar-refractivity contribution is 5.90. The van der Waals surface area contributed by atoms with Crippen molar-refractivity contribution in [3.8, 4) is 17.2 Å². The van der Waals surface area contributed by atoms with Crippen LogP contribution in [0, 0.1) is 24.0 Å². The molecule has 2 aromatic rings. The number of nitrogens with zero attached hydrogens (tertiary/aromatic N) is 2. The molecule has 0 spiro atoms. The third-order valence-corrected chi connectivity index (χ3v) is 4.01. The minimum Gasteiger partial charge on any atom is -0.488 e. The lowest BCUT2D eigenvalue weighted by Crippen LogP contribution is -2.24. The summed E-state index contributed by atoms with van der Waals surface area (Å²) in [6.45, 7) is 4.78. The number of methoxy groups -OCH3 is 1. The van der Waals surface area contributed by atoms with Crippen LogP contribution in [-0.4, -0.2) is 36.7 Å². The van der Waals surface area contributed by atoms with Gasteiger partial charge in [0.2, 0.25) is 5.75 Å². The predicted octanol–water partition coefficient (Wildman–Crippen LogP) is 2.67. The average molecular weight is 415 g/mol. The van der Waals surface area contributed by atoms with E-state index in [0.717, 1.165) is 24.3 Å². The number of nitrogens with one attached hydrogen (secondary N) is 1. The number of ether oxygens (including phenoxy) is 3. The van der Waals surface area contributed by atoms with E-state index in [1.807, 2.05) is 26.0 Å². The quantitative estimate of drug-likeness (QED) is 0.231. The lowest BCUT2D eigenvalue weighted by Gasteiger charge is -2.09. The Morgan fingerprint density at radius 3 is 2.53 bits per heavy atom. The molecule has 0 radical (unpaired) electrons. The Bertz CT molecular complexity index is 1000. The molecule has 1 N–H and O–H groups in total. The molecule has 0 unspecified atom stereocenters. The van der Waals surface area contributed by atoms with Gasteiger partial charge in [0.15, 0.2) is 12.4 Å². The van der Waals surface area contributed by atoms with E-state index in [-0.39, 0.29) is 23.7 Å². The molecule has 0 atom stereocenters. The molecule has 0 saturated carbocycles. The zero-order valence-electron chi connectivity index (χ0n) is 16.9. The first kappa shape index (κ1) is 22.3. The van der Waals surface area contributed by atoms with Gasteiger partial charge in [-0.2, -0.15) is 5.10 Å². The Hall–Kier alpha value is -3.95. The molecule has 0 aliphatic carbocycles. The average Bonchev–Trinajstić information content (AvgIpc) is 2.68. The highest BCUT2D eigenvalue weighted by atomic mass is 16.6. The number of carbonyl (C=O) groups is 2. The molecular weight excluding hydrogens is 394 g/mol. The van der Waals surface area contributed by atoms with Crippen molar-refractivity contribution in [2.24, 2.45) is 5.10 Å². The van der Waals surface area contributed by atoms with Gasteiger partial charge in [0.05, 0.1) is 23.8 Å². The summed E-state index contributed by atoms with van der Waals surface area (Å²) in [6, 6.07) is 8.09. The van der Waals surface area contributed by atoms with Crippen LogP contribution in [0.2, 0.25) is 0 Å². The summed E-state index contributed by atoms with van der Waals surface area (Å²) in [7, 11) is 1.21. The number of aryl methyl sites for hydroxylation is 2. The molecule has 2 rings (SSSR count). The van der Waals surface area contributed by atoms with E-state index in [2.05, 4.69) is 10.5 Å². The van der Waals surface area contributed by atoms with Gasteiger partial charge in [-0.05, 0) is 49.2 Å². The monoisotopic (exact) mass is 415 g/mol. The van der Waals surface area contributed by atoms with Crippen LogP contribution >= 0.6 is 0 Å². The molecule has 0 fully saturated rings. The standard InChI is InChI=1S/C20H21N3O7/c1-12-5-7-16(9-13(12)2)29-11-18(25)22-21-10-15-6-8-17(30-14(3)24)20(28-4)19(15)23(26)27/h5-10H,11H2,1-4H3,(H,22,25). The van der Waals surface area contributed by atoms with E-state index in [4.69, 9.17) is 14.2 Å². The number of esters is 1. The molecule has 0 bridgehead atoms.